The molecule has 0 fully saturated rings. The van der Waals surface area contributed by atoms with Gasteiger partial charge in [0.2, 0.25) is 0 Å². The summed E-state index contributed by atoms with van der Waals surface area (Å²) in [4.78, 5) is 1.95. The van der Waals surface area contributed by atoms with E-state index in [4.69, 9.17) is 15.5 Å². The second-order valence-electron chi connectivity index (χ2n) is 3.64. The van der Waals surface area contributed by atoms with Crippen LogP contribution in [0.3, 0.4) is 0 Å². The Morgan fingerprint density at radius 1 is 1.24 bits per heavy atom. The lowest BCUT2D eigenvalue weighted by Crippen LogP contribution is -2.29. The van der Waals surface area contributed by atoms with Gasteiger partial charge in [0.05, 0.1) is 24.8 Å². The highest BCUT2D eigenvalue weighted by atomic mass is 79.9. The van der Waals surface area contributed by atoms with E-state index in [0.29, 0.717) is 25.2 Å². The lowest BCUT2D eigenvalue weighted by Gasteiger charge is -2.20. The SMILES string of the molecule is N#Cc1ccc(CN(CCO)CCO)c(Br)c1. The Hall–Kier alpha value is -0.930. The number of nitrogens with zero attached hydrogens (tertiary/aromatic N) is 2. The lowest BCUT2D eigenvalue weighted by molar-refractivity contribution is 0.155. The molecular weight excluding hydrogens is 284 g/mol. The van der Waals surface area contributed by atoms with Gasteiger partial charge in [0, 0.05) is 24.1 Å². The van der Waals surface area contributed by atoms with Crippen LogP contribution >= 0.6 is 15.9 Å². The maximum atomic E-state index is 8.91. The van der Waals surface area contributed by atoms with Gasteiger partial charge in [-0.3, -0.25) is 4.90 Å². The zero-order chi connectivity index (χ0) is 12.7. The number of aliphatic hydroxyl groups is 2. The number of aliphatic hydroxyl groups excluding tert-OH is 2. The standard InChI is InChI=1S/C12H15BrN2O2/c13-12-7-10(8-14)1-2-11(12)9-15(3-5-16)4-6-17/h1-2,7,16-17H,3-6,9H2. The van der Waals surface area contributed by atoms with Crippen LogP contribution in [0.15, 0.2) is 22.7 Å². The maximum Gasteiger partial charge on any atom is 0.0992 e. The molecule has 1 rings (SSSR count). The third kappa shape index (κ3) is 4.44. The molecule has 0 aliphatic carbocycles. The minimum Gasteiger partial charge on any atom is -0.395 e. The predicted molar refractivity (Wildman–Crippen MR) is 68.3 cm³/mol. The minimum atomic E-state index is 0.0634. The molecule has 5 heteroatoms. The normalized spacial score (nSPS) is 10.5. The zero-order valence-electron chi connectivity index (χ0n) is 9.43. The van der Waals surface area contributed by atoms with Gasteiger partial charge in [-0.1, -0.05) is 22.0 Å². The Balaban J connectivity index is 2.75. The summed E-state index contributed by atoms with van der Waals surface area (Å²) in [5.74, 6) is 0. The van der Waals surface area contributed by atoms with Crippen molar-refractivity contribution in [3.63, 3.8) is 0 Å². The fourth-order valence-corrected chi connectivity index (χ4v) is 2.04. The first-order valence-electron chi connectivity index (χ1n) is 5.34. The van der Waals surface area contributed by atoms with Crippen LogP contribution < -0.4 is 0 Å². The molecule has 4 nitrogen and oxygen atoms in total. The van der Waals surface area contributed by atoms with E-state index in [0.717, 1.165) is 10.0 Å². The van der Waals surface area contributed by atoms with Crippen LogP contribution in [0.1, 0.15) is 11.1 Å². The molecule has 0 saturated heterocycles. The van der Waals surface area contributed by atoms with Gasteiger partial charge < -0.3 is 10.2 Å². The largest absolute Gasteiger partial charge is 0.395 e. The molecule has 17 heavy (non-hydrogen) atoms. The van der Waals surface area contributed by atoms with E-state index in [1.165, 1.54) is 0 Å². The fourth-order valence-electron chi connectivity index (χ4n) is 1.54. The van der Waals surface area contributed by atoms with E-state index in [-0.39, 0.29) is 13.2 Å². The summed E-state index contributed by atoms with van der Waals surface area (Å²) in [5, 5.41) is 26.6. The monoisotopic (exact) mass is 298 g/mol. The van der Waals surface area contributed by atoms with E-state index in [1.807, 2.05) is 11.0 Å². The van der Waals surface area contributed by atoms with Crippen LogP contribution in [-0.4, -0.2) is 41.4 Å². The number of nitriles is 1. The first-order chi connectivity index (χ1) is 8.21. The van der Waals surface area contributed by atoms with Gasteiger partial charge in [-0.15, -0.1) is 0 Å². The maximum absolute atomic E-state index is 8.91. The van der Waals surface area contributed by atoms with Gasteiger partial charge in [-0.2, -0.15) is 5.26 Å². The van der Waals surface area contributed by atoms with Crippen LogP contribution in [0, 0.1) is 11.3 Å². The summed E-state index contributed by atoms with van der Waals surface area (Å²) < 4.78 is 0.873. The van der Waals surface area contributed by atoms with E-state index in [2.05, 4.69) is 22.0 Å². The molecule has 0 unspecified atom stereocenters. The smallest absolute Gasteiger partial charge is 0.0992 e. The van der Waals surface area contributed by atoms with Crippen molar-refractivity contribution in [3.05, 3.63) is 33.8 Å². The van der Waals surface area contributed by atoms with Crippen molar-refractivity contribution in [1.82, 2.24) is 4.90 Å². The Bertz CT molecular complexity index is 398. The molecule has 92 valence electrons. The molecule has 0 radical (unpaired) electrons. The number of hydrogen-bond acceptors (Lipinski definition) is 4. The third-order valence-corrected chi connectivity index (χ3v) is 3.15. The van der Waals surface area contributed by atoms with E-state index < -0.39 is 0 Å². The molecule has 0 amide bonds. The van der Waals surface area contributed by atoms with Gasteiger partial charge in [0.25, 0.3) is 0 Å². The van der Waals surface area contributed by atoms with Gasteiger partial charge >= 0.3 is 0 Å². The molecule has 0 aliphatic rings. The number of benzene rings is 1. The summed E-state index contributed by atoms with van der Waals surface area (Å²) in [6.07, 6.45) is 0. The summed E-state index contributed by atoms with van der Waals surface area (Å²) in [5.41, 5.74) is 1.64. The molecular formula is C12H15BrN2O2. The molecule has 1 aromatic rings. The molecule has 0 saturated carbocycles. The average Bonchev–Trinajstić information content (AvgIpc) is 2.32. The molecule has 0 heterocycles. The Kier molecular flexibility index (Phi) is 6.16. The average molecular weight is 299 g/mol. The molecule has 1 aromatic carbocycles. The minimum absolute atomic E-state index is 0.0634. The van der Waals surface area contributed by atoms with Crippen molar-refractivity contribution >= 4 is 15.9 Å². The van der Waals surface area contributed by atoms with Crippen molar-refractivity contribution in [1.29, 1.82) is 5.26 Å². The lowest BCUT2D eigenvalue weighted by atomic mass is 10.1. The van der Waals surface area contributed by atoms with Crippen molar-refractivity contribution in [2.75, 3.05) is 26.3 Å². The van der Waals surface area contributed by atoms with Gasteiger partial charge in [-0.05, 0) is 17.7 Å². The van der Waals surface area contributed by atoms with Gasteiger partial charge in [-0.25, -0.2) is 0 Å². The van der Waals surface area contributed by atoms with Crippen LogP contribution in [0.2, 0.25) is 0 Å². The highest BCUT2D eigenvalue weighted by Gasteiger charge is 2.08. The third-order valence-electron chi connectivity index (χ3n) is 2.41. The number of rotatable bonds is 6. The Morgan fingerprint density at radius 3 is 2.35 bits per heavy atom. The molecule has 0 aliphatic heterocycles. The van der Waals surface area contributed by atoms with Crippen LogP contribution in [-0.2, 0) is 6.54 Å². The van der Waals surface area contributed by atoms with E-state index in [1.54, 1.807) is 12.1 Å². The van der Waals surface area contributed by atoms with Crippen LogP contribution in [0.25, 0.3) is 0 Å². The number of halogens is 1. The first-order valence-corrected chi connectivity index (χ1v) is 6.13. The highest BCUT2D eigenvalue weighted by Crippen LogP contribution is 2.19. The highest BCUT2D eigenvalue weighted by molar-refractivity contribution is 9.10. The quantitative estimate of drug-likeness (QED) is 0.825. The zero-order valence-corrected chi connectivity index (χ0v) is 11.0. The molecule has 0 atom stereocenters. The fraction of sp³-hybridized carbons (Fsp3) is 0.417. The summed E-state index contributed by atoms with van der Waals surface area (Å²) in [6.45, 7) is 1.80. The molecule has 0 spiro atoms. The topological polar surface area (TPSA) is 67.5 Å². The summed E-state index contributed by atoms with van der Waals surface area (Å²) in [6, 6.07) is 7.48. The van der Waals surface area contributed by atoms with Crippen LogP contribution in [0.5, 0.6) is 0 Å². The molecule has 0 bridgehead atoms. The summed E-state index contributed by atoms with van der Waals surface area (Å²) >= 11 is 3.42. The second kappa shape index (κ2) is 7.41. The van der Waals surface area contributed by atoms with Crippen molar-refractivity contribution in [2.45, 2.75) is 6.54 Å². The molecule has 0 aromatic heterocycles. The number of hydrogen-bond donors (Lipinski definition) is 2. The second-order valence-corrected chi connectivity index (χ2v) is 4.50. The predicted octanol–water partition coefficient (Wildman–Crippen LogP) is 1.11. The van der Waals surface area contributed by atoms with Crippen molar-refractivity contribution in [2.24, 2.45) is 0 Å². The van der Waals surface area contributed by atoms with Gasteiger partial charge in [0.15, 0.2) is 0 Å². The first kappa shape index (κ1) is 14.1. The summed E-state index contributed by atoms with van der Waals surface area (Å²) in [7, 11) is 0. The van der Waals surface area contributed by atoms with Crippen LogP contribution in [0.4, 0.5) is 0 Å². The molecule has 2 N–H and O–H groups in total. The Labute approximate surface area is 109 Å². The van der Waals surface area contributed by atoms with Crippen molar-refractivity contribution in [3.8, 4) is 6.07 Å². The Morgan fingerprint density at radius 2 is 1.88 bits per heavy atom. The van der Waals surface area contributed by atoms with E-state index in [9.17, 15) is 0 Å². The van der Waals surface area contributed by atoms with Crippen molar-refractivity contribution < 1.29 is 10.2 Å². The van der Waals surface area contributed by atoms with Gasteiger partial charge in [0.1, 0.15) is 0 Å². The van der Waals surface area contributed by atoms with E-state index >= 15 is 0 Å².